The largest absolute Gasteiger partial charge is 0.468 e. The van der Waals surface area contributed by atoms with Gasteiger partial charge >= 0.3 is 5.97 Å². The number of thiocarbonyl (C=S) groups is 1. The molecule has 0 bridgehead atoms. The van der Waals surface area contributed by atoms with Gasteiger partial charge in [0.25, 0.3) is 5.91 Å². The molecule has 1 fully saturated rings. The van der Waals surface area contributed by atoms with Crippen LogP contribution in [0.25, 0.3) is 17.4 Å². The summed E-state index contributed by atoms with van der Waals surface area (Å²) in [5.74, 6) is 0.180. The number of nitrogens with zero attached hydrogens (tertiary/aromatic N) is 2. The van der Waals surface area contributed by atoms with Crippen molar-refractivity contribution in [1.82, 2.24) is 9.80 Å². The van der Waals surface area contributed by atoms with Crippen LogP contribution >= 0.6 is 23.8 Å². The van der Waals surface area contributed by atoms with Crippen molar-refractivity contribution in [3.05, 3.63) is 52.9 Å². The van der Waals surface area contributed by atoms with Gasteiger partial charge in [-0.1, -0.05) is 23.7 Å². The number of methoxy groups -OCH3 is 1. The van der Waals surface area contributed by atoms with Crippen LogP contribution in [0.3, 0.4) is 0 Å². The second kappa shape index (κ2) is 7.31. The molecular formula is C18H15ClN2O4S. The first kappa shape index (κ1) is 18.2. The third-order valence-electron chi connectivity index (χ3n) is 3.87. The first-order valence-corrected chi connectivity index (χ1v) is 8.43. The van der Waals surface area contributed by atoms with E-state index in [2.05, 4.69) is 4.74 Å². The summed E-state index contributed by atoms with van der Waals surface area (Å²) in [6, 6.07) is 10.8. The minimum atomic E-state index is -0.545. The number of hydrogen-bond donors (Lipinski definition) is 0. The quantitative estimate of drug-likeness (QED) is 0.454. The second-order valence-electron chi connectivity index (χ2n) is 5.55. The van der Waals surface area contributed by atoms with E-state index in [9.17, 15) is 9.59 Å². The van der Waals surface area contributed by atoms with Gasteiger partial charge in [0.1, 0.15) is 23.8 Å². The van der Waals surface area contributed by atoms with Crippen LogP contribution in [0.4, 0.5) is 0 Å². The number of esters is 1. The molecule has 1 aromatic heterocycles. The van der Waals surface area contributed by atoms with Gasteiger partial charge in [-0.25, -0.2) is 0 Å². The second-order valence-corrected chi connectivity index (χ2v) is 6.35. The van der Waals surface area contributed by atoms with E-state index in [1.165, 1.54) is 16.9 Å². The Kier molecular flexibility index (Phi) is 5.11. The summed E-state index contributed by atoms with van der Waals surface area (Å²) < 4.78 is 10.4. The van der Waals surface area contributed by atoms with Gasteiger partial charge in [0.05, 0.1) is 7.11 Å². The van der Waals surface area contributed by atoms with Crippen molar-refractivity contribution >= 4 is 46.9 Å². The maximum absolute atomic E-state index is 12.6. The van der Waals surface area contributed by atoms with E-state index in [4.69, 9.17) is 28.2 Å². The van der Waals surface area contributed by atoms with Crippen LogP contribution in [0.2, 0.25) is 5.02 Å². The third-order valence-corrected chi connectivity index (χ3v) is 4.60. The van der Waals surface area contributed by atoms with Crippen LogP contribution in [0.1, 0.15) is 5.76 Å². The molecule has 2 heterocycles. The van der Waals surface area contributed by atoms with Crippen molar-refractivity contribution in [2.24, 2.45) is 0 Å². The molecule has 26 heavy (non-hydrogen) atoms. The molecule has 8 heteroatoms. The zero-order valence-corrected chi connectivity index (χ0v) is 15.6. The van der Waals surface area contributed by atoms with Crippen molar-refractivity contribution < 1.29 is 18.7 Å². The number of rotatable bonds is 4. The Morgan fingerprint density at radius 1 is 1.35 bits per heavy atom. The molecule has 0 unspecified atom stereocenters. The summed E-state index contributed by atoms with van der Waals surface area (Å²) in [5.41, 5.74) is 1.14. The summed E-state index contributed by atoms with van der Waals surface area (Å²) in [4.78, 5) is 26.8. The van der Waals surface area contributed by atoms with Gasteiger partial charge in [-0.15, -0.1) is 0 Å². The predicted molar refractivity (Wildman–Crippen MR) is 101 cm³/mol. The number of benzene rings is 1. The molecule has 1 aromatic carbocycles. The van der Waals surface area contributed by atoms with Crippen molar-refractivity contribution in [2.75, 3.05) is 20.7 Å². The lowest BCUT2D eigenvalue weighted by molar-refractivity contribution is -0.143. The lowest BCUT2D eigenvalue weighted by atomic mass is 10.2. The molecule has 0 saturated carbocycles. The average Bonchev–Trinajstić information content (AvgIpc) is 3.17. The molecule has 6 nitrogen and oxygen atoms in total. The Labute approximate surface area is 160 Å². The van der Waals surface area contributed by atoms with Crippen LogP contribution in [0.5, 0.6) is 0 Å². The highest BCUT2D eigenvalue weighted by Crippen LogP contribution is 2.27. The fourth-order valence-corrected chi connectivity index (χ4v) is 2.94. The normalized spacial score (nSPS) is 15.9. The van der Waals surface area contributed by atoms with Crippen LogP contribution in [-0.4, -0.2) is 47.5 Å². The maximum atomic E-state index is 12.6. The number of amides is 1. The highest BCUT2D eigenvalue weighted by atomic mass is 35.5. The van der Waals surface area contributed by atoms with Crippen molar-refractivity contribution in [3.63, 3.8) is 0 Å². The van der Waals surface area contributed by atoms with Crippen molar-refractivity contribution in [2.45, 2.75) is 0 Å². The summed E-state index contributed by atoms with van der Waals surface area (Å²) in [6.07, 6.45) is 1.58. The summed E-state index contributed by atoms with van der Waals surface area (Å²) >= 11 is 11.2. The Morgan fingerprint density at radius 2 is 2.12 bits per heavy atom. The van der Waals surface area contributed by atoms with Crippen LogP contribution < -0.4 is 0 Å². The highest BCUT2D eigenvalue weighted by Gasteiger charge is 2.37. The van der Waals surface area contributed by atoms with Crippen molar-refractivity contribution in [1.29, 1.82) is 0 Å². The monoisotopic (exact) mass is 390 g/mol. The summed E-state index contributed by atoms with van der Waals surface area (Å²) in [7, 11) is 2.91. The van der Waals surface area contributed by atoms with Gasteiger partial charge in [-0.3, -0.25) is 14.5 Å². The van der Waals surface area contributed by atoms with Gasteiger partial charge in [-0.05, 0) is 36.5 Å². The van der Waals surface area contributed by atoms with E-state index in [-0.39, 0.29) is 17.6 Å². The number of carbonyl (C=O) groups is 2. The number of furan rings is 1. The van der Waals surface area contributed by atoms with Gasteiger partial charge < -0.3 is 14.1 Å². The molecule has 0 N–H and O–H groups in total. The van der Waals surface area contributed by atoms with E-state index >= 15 is 0 Å². The van der Waals surface area contributed by atoms with Crippen LogP contribution in [0, 0.1) is 0 Å². The Hall–Kier alpha value is -2.64. The number of carbonyl (C=O) groups excluding carboxylic acids is 2. The molecule has 3 rings (SSSR count). The lowest BCUT2D eigenvalue weighted by Gasteiger charge is -2.14. The Balaban J connectivity index is 1.87. The fraction of sp³-hybridized carbons (Fsp3) is 0.167. The molecular weight excluding hydrogens is 376 g/mol. The standard InChI is InChI=1S/C18H15ClN2O4S/c1-20-14(17(23)21(18(20)26)10-16(22)24-2)9-13-6-7-15(25-13)11-4-3-5-12(19)8-11/h3-9H,10H2,1-2H3/b14-9-. The maximum Gasteiger partial charge on any atom is 0.325 e. The lowest BCUT2D eigenvalue weighted by Crippen LogP contribution is -2.36. The molecule has 0 spiro atoms. The van der Waals surface area contributed by atoms with Gasteiger partial charge in [-0.2, -0.15) is 0 Å². The summed E-state index contributed by atoms with van der Waals surface area (Å²) in [6.45, 7) is -0.234. The van der Waals surface area contributed by atoms with E-state index in [0.717, 1.165) is 5.56 Å². The number of hydrogen-bond acceptors (Lipinski definition) is 5. The minimum Gasteiger partial charge on any atom is -0.468 e. The first-order chi connectivity index (χ1) is 12.4. The number of likely N-dealkylation sites (N-methyl/N-ethyl adjacent to an activating group) is 1. The third kappa shape index (κ3) is 3.49. The van der Waals surface area contributed by atoms with Gasteiger partial charge in [0, 0.05) is 23.7 Å². The number of halogens is 1. The molecule has 1 saturated heterocycles. The molecule has 1 amide bonds. The summed E-state index contributed by atoms with van der Waals surface area (Å²) in [5, 5.41) is 0.835. The van der Waals surface area contributed by atoms with Crippen molar-refractivity contribution in [3.8, 4) is 11.3 Å². The molecule has 0 atom stereocenters. The topological polar surface area (TPSA) is 63.0 Å². The Bertz CT molecular complexity index is 921. The zero-order valence-electron chi connectivity index (χ0n) is 14.1. The molecule has 1 aliphatic heterocycles. The van der Waals surface area contributed by atoms with E-state index in [1.54, 1.807) is 37.4 Å². The molecule has 2 aromatic rings. The first-order valence-electron chi connectivity index (χ1n) is 7.64. The molecule has 0 aliphatic carbocycles. The molecule has 134 valence electrons. The van der Waals surface area contributed by atoms with E-state index in [0.29, 0.717) is 22.2 Å². The van der Waals surface area contributed by atoms with Crippen LogP contribution in [0.15, 0.2) is 46.5 Å². The smallest absolute Gasteiger partial charge is 0.325 e. The minimum absolute atomic E-state index is 0.230. The molecule has 1 aliphatic rings. The number of ether oxygens (including phenoxy) is 1. The Morgan fingerprint density at radius 3 is 2.81 bits per heavy atom. The van der Waals surface area contributed by atoms with Gasteiger partial charge in [0.2, 0.25) is 0 Å². The van der Waals surface area contributed by atoms with Crippen LogP contribution in [-0.2, 0) is 14.3 Å². The van der Waals surface area contributed by atoms with Gasteiger partial charge in [0.15, 0.2) is 5.11 Å². The zero-order chi connectivity index (χ0) is 18.8. The van der Waals surface area contributed by atoms with E-state index in [1.807, 2.05) is 12.1 Å². The molecule has 0 radical (unpaired) electrons. The predicted octanol–water partition coefficient (Wildman–Crippen LogP) is 3.17. The fourth-order valence-electron chi connectivity index (χ4n) is 2.51. The van der Waals surface area contributed by atoms with E-state index < -0.39 is 5.97 Å². The SMILES string of the molecule is COC(=O)CN1C(=O)/C(=C/c2ccc(-c3cccc(Cl)c3)o2)N(C)C1=S. The highest BCUT2D eigenvalue weighted by molar-refractivity contribution is 7.80. The average molecular weight is 391 g/mol.